The highest BCUT2D eigenvalue weighted by atomic mass is 32.2. The molecule has 0 fully saturated rings. The van der Waals surface area contributed by atoms with Gasteiger partial charge in [-0.05, 0) is 17.9 Å². The maximum atomic E-state index is 11.0. The minimum atomic E-state index is -0.660. The van der Waals surface area contributed by atoms with Gasteiger partial charge in [0.25, 0.3) is 0 Å². The molecule has 1 atom stereocenters. The van der Waals surface area contributed by atoms with E-state index in [1.807, 2.05) is 17.5 Å². The monoisotopic (exact) mass is 244 g/mol. The van der Waals surface area contributed by atoms with Crippen LogP contribution in [0, 0.1) is 5.92 Å². The summed E-state index contributed by atoms with van der Waals surface area (Å²) >= 11 is 3.32. The van der Waals surface area contributed by atoms with Crippen LogP contribution in [0.4, 0.5) is 0 Å². The van der Waals surface area contributed by atoms with Crippen molar-refractivity contribution in [1.82, 2.24) is 0 Å². The first-order valence-electron chi connectivity index (χ1n) is 5.13. The van der Waals surface area contributed by atoms with Crippen LogP contribution in [0.5, 0.6) is 0 Å². The molecule has 0 aromatic carbocycles. The van der Waals surface area contributed by atoms with E-state index in [9.17, 15) is 4.79 Å². The van der Waals surface area contributed by atoms with Gasteiger partial charge in [-0.1, -0.05) is 25.8 Å². The van der Waals surface area contributed by atoms with E-state index in [1.54, 1.807) is 23.1 Å². The molecule has 1 N–H and O–H groups in total. The van der Waals surface area contributed by atoms with Gasteiger partial charge in [0, 0.05) is 5.75 Å². The zero-order valence-corrected chi connectivity index (χ0v) is 10.4. The second-order valence-electron chi connectivity index (χ2n) is 3.42. The molecule has 1 heterocycles. The van der Waals surface area contributed by atoms with Crippen LogP contribution in [-0.2, 0) is 4.79 Å². The lowest BCUT2D eigenvalue weighted by atomic mass is 10.1. The Morgan fingerprint density at radius 3 is 3.00 bits per heavy atom. The molecule has 2 nitrogen and oxygen atoms in total. The van der Waals surface area contributed by atoms with E-state index in [0.717, 1.165) is 19.3 Å². The fourth-order valence-electron chi connectivity index (χ4n) is 1.26. The summed E-state index contributed by atoms with van der Waals surface area (Å²) in [7, 11) is 0. The number of aliphatic carboxylic acids is 1. The molecule has 0 amide bonds. The number of rotatable bonds is 7. The lowest BCUT2D eigenvalue weighted by Crippen LogP contribution is -2.16. The maximum Gasteiger partial charge on any atom is 0.307 e. The molecule has 4 heteroatoms. The van der Waals surface area contributed by atoms with Crippen LogP contribution in [0.3, 0.4) is 0 Å². The standard InChI is InChI=1S/C11H16O2S2/c1-2-3-5-9(11(12)13)8-15-10-6-4-7-14-10/h4,6-7,9H,2-3,5,8H2,1H3,(H,12,13). The maximum absolute atomic E-state index is 11.0. The molecule has 0 saturated carbocycles. The zero-order chi connectivity index (χ0) is 11.1. The third-order valence-corrected chi connectivity index (χ3v) is 4.47. The average molecular weight is 244 g/mol. The largest absolute Gasteiger partial charge is 0.481 e. The first-order valence-corrected chi connectivity index (χ1v) is 6.99. The number of hydrogen-bond acceptors (Lipinski definition) is 3. The molecule has 0 saturated heterocycles. The predicted molar refractivity (Wildman–Crippen MR) is 65.7 cm³/mol. The van der Waals surface area contributed by atoms with E-state index in [0.29, 0.717) is 5.75 Å². The molecule has 0 bridgehead atoms. The van der Waals surface area contributed by atoms with E-state index in [-0.39, 0.29) is 5.92 Å². The van der Waals surface area contributed by atoms with E-state index in [4.69, 9.17) is 5.11 Å². The average Bonchev–Trinajstić information content (AvgIpc) is 2.70. The van der Waals surface area contributed by atoms with Crippen molar-refractivity contribution in [3.8, 4) is 0 Å². The Balaban J connectivity index is 2.34. The number of hydrogen-bond donors (Lipinski definition) is 1. The van der Waals surface area contributed by atoms with Crippen molar-refractivity contribution < 1.29 is 9.90 Å². The first kappa shape index (κ1) is 12.6. The molecular weight excluding hydrogens is 228 g/mol. The lowest BCUT2D eigenvalue weighted by Gasteiger charge is -2.10. The molecule has 15 heavy (non-hydrogen) atoms. The minimum Gasteiger partial charge on any atom is -0.481 e. The van der Waals surface area contributed by atoms with Crippen LogP contribution < -0.4 is 0 Å². The number of unbranched alkanes of at least 4 members (excludes halogenated alkanes) is 1. The van der Waals surface area contributed by atoms with Gasteiger partial charge < -0.3 is 5.11 Å². The van der Waals surface area contributed by atoms with E-state index in [1.165, 1.54) is 4.21 Å². The van der Waals surface area contributed by atoms with E-state index in [2.05, 4.69) is 6.92 Å². The summed E-state index contributed by atoms with van der Waals surface area (Å²) in [6, 6.07) is 4.03. The van der Waals surface area contributed by atoms with Gasteiger partial charge in [-0.2, -0.15) is 0 Å². The van der Waals surface area contributed by atoms with Crippen molar-refractivity contribution in [1.29, 1.82) is 0 Å². The highest BCUT2D eigenvalue weighted by Crippen LogP contribution is 2.27. The fraction of sp³-hybridized carbons (Fsp3) is 0.545. The Bertz CT molecular complexity index is 283. The smallest absolute Gasteiger partial charge is 0.307 e. The van der Waals surface area contributed by atoms with Crippen LogP contribution in [-0.4, -0.2) is 16.8 Å². The van der Waals surface area contributed by atoms with Crippen LogP contribution in [0.1, 0.15) is 26.2 Å². The molecule has 0 aliphatic rings. The Hall–Kier alpha value is -0.480. The van der Waals surface area contributed by atoms with Crippen LogP contribution in [0.15, 0.2) is 21.7 Å². The van der Waals surface area contributed by atoms with Crippen molar-refractivity contribution in [2.45, 2.75) is 30.4 Å². The number of carbonyl (C=O) groups is 1. The topological polar surface area (TPSA) is 37.3 Å². The summed E-state index contributed by atoms with van der Waals surface area (Å²) in [5.74, 6) is -0.167. The van der Waals surface area contributed by atoms with Gasteiger partial charge in [-0.3, -0.25) is 4.79 Å². The summed E-state index contributed by atoms with van der Waals surface area (Å²) in [5.41, 5.74) is 0. The highest BCUT2D eigenvalue weighted by Gasteiger charge is 2.16. The van der Waals surface area contributed by atoms with Gasteiger partial charge in [0.2, 0.25) is 0 Å². The van der Waals surface area contributed by atoms with Crippen molar-refractivity contribution in [2.75, 3.05) is 5.75 Å². The number of thiophene rings is 1. The molecule has 0 radical (unpaired) electrons. The Labute approximate surface area is 98.7 Å². The van der Waals surface area contributed by atoms with E-state index < -0.39 is 5.97 Å². The third kappa shape index (κ3) is 4.71. The zero-order valence-electron chi connectivity index (χ0n) is 8.81. The Morgan fingerprint density at radius 1 is 1.67 bits per heavy atom. The molecule has 0 aliphatic heterocycles. The van der Waals surface area contributed by atoms with E-state index >= 15 is 0 Å². The van der Waals surface area contributed by atoms with Gasteiger partial charge in [0.1, 0.15) is 0 Å². The van der Waals surface area contributed by atoms with Crippen LogP contribution in [0.25, 0.3) is 0 Å². The van der Waals surface area contributed by atoms with Crippen molar-refractivity contribution in [3.05, 3.63) is 17.5 Å². The molecule has 1 rings (SSSR count). The van der Waals surface area contributed by atoms with Gasteiger partial charge in [-0.15, -0.1) is 23.1 Å². The third-order valence-electron chi connectivity index (χ3n) is 2.18. The highest BCUT2D eigenvalue weighted by molar-refractivity contribution is 8.01. The number of thioether (sulfide) groups is 1. The molecule has 1 unspecified atom stereocenters. The van der Waals surface area contributed by atoms with Gasteiger partial charge >= 0.3 is 5.97 Å². The van der Waals surface area contributed by atoms with Gasteiger partial charge in [-0.25, -0.2) is 0 Å². The van der Waals surface area contributed by atoms with Crippen molar-refractivity contribution in [2.24, 2.45) is 5.92 Å². The fourth-order valence-corrected chi connectivity index (χ4v) is 3.20. The Kier molecular flexibility index (Phi) is 5.79. The lowest BCUT2D eigenvalue weighted by molar-refractivity contribution is -0.141. The minimum absolute atomic E-state index is 0.197. The quantitative estimate of drug-likeness (QED) is 0.743. The predicted octanol–water partition coefficient (Wildman–Crippen LogP) is 3.73. The van der Waals surface area contributed by atoms with Crippen LogP contribution >= 0.6 is 23.1 Å². The van der Waals surface area contributed by atoms with Crippen LogP contribution in [0.2, 0.25) is 0 Å². The molecule has 0 aliphatic carbocycles. The summed E-state index contributed by atoms with van der Waals surface area (Å²) in [4.78, 5) is 11.0. The van der Waals surface area contributed by atoms with Crippen molar-refractivity contribution >= 4 is 29.1 Å². The van der Waals surface area contributed by atoms with Gasteiger partial charge in [0.15, 0.2) is 0 Å². The van der Waals surface area contributed by atoms with Crippen molar-refractivity contribution in [3.63, 3.8) is 0 Å². The summed E-state index contributed by atoms with van der Waals surface area (Å²) in [5, 5.41) is 11.0. The molecule has 1 aromatic rings. The number of carboxylic acid groups (broad SMARTS) is 1. The number of carboxylic acids is 1. The second-order valence-corrected chi connectivity index (χ2v) is 5.69. The second kappa shape index (κ2) is 6.90. The Morgan fingerprint density at radius 2 is 2.47 bits per heavy atom. The summed E-state index contributed by atoms with van der Waals surface area (Å²) in [6.45, 7) is 2.09. The molecule has 0 spiro atoms. The van der Waals surface area contributed by atoms with Gasteiger partial charge in [0.05, 0.1) is 10.1 Å². The molecule has 84 valence electrons. The first-order chi connectivity index (χ1) is 7.24. The molecule has 1 aromatic heterocycles. The summed E-state index contributed by atoms with van der Waals surface area (Å²) in [6.07, 6.45) is 2.86. The molecular formula is C11H16O2S2. The normalized spacial score (nSPS) is 12.6. The SMILES string of the molecule is CCCCC(CSc1cccs1)C(=O)O. The summed E-state index contributed by atoms with van der Waals surface area (Å²) < 4.78 is 1.21.